The highest BCUT2D eigenvalue weighted by Gasteiger charge is 2.39. The van der Waals surface area contributed by atoms with Gasteiger partial charge in [0.1, 0.15) is 5.82 Å². The van der Waals surface area contributed by atoms with E-state index in [4.69, 9.17) is 0 Å². The number of nitrogens with one attached hydrogen (secondary N) is 1. The van der Waals surface area contributed by atoms with E-state index in [0.717, 1.165) is 12.0 Å². The van der Waals surface area contributed by atoms with Crippen LogP contribution >= 0.6 is 0 Å². The second kappa shape index (κ2) is 3.40. The fourth-order valence-corrected chi connectivity index (χ4v) is 1.51. The molecule has 0 radical (unpaired) electrons. The zero-order valence-corrected chi connectivity index (χ0v) is 8.45. The lowest BCUT2D eigenvalue weighted by molar-refractivity contribution is -0.117. The summed E-state index contributed by atoms with van der Waals surface area (Å²) in [6.07, 6.45) is 2.72. The molecular formula is C11H14N2O. The van der Waals surface area contributed by atoms with Crippen LogP contribution in [0.15, 0.2) is 18.3 Å². The molecule has 74 valence electrons. The molecule has 1 amide bonds. The number of aryl methyl sites for hydroxylation is 1. The molecule has 2 atom stereocenters. The van der Waals surface area contributed by atoms with Crippen LogP contribution in [0, 0.1) is 18.8 Å². The first-order chi connectivity index (χ1) is 6.66. The number of nitrogens with zero attached hydrogens (tertiary/aromatic N) is 1. The monoisotopic (exact) mass is 190 g/mol. The van der Waals surface area contributed by atoms with E-state index in [1.807, 2.05) is 19.1 Å². The number of aromatic nitrogens is 1. The van der Waals surface area contributed by atoms with E-state index in [0.29, 0.717) is 11.7 Å². The molecule has 2 unspecified atom stereocenters. The summed E-state index contributed by atoms with van der Waals surface area (Å²) in [6, 6.07) is 3.79. The van der Waals surface area contributed by atoms with Gasteiger partial charge in [0.15, 0.2) is 0 Å². The first-order valence-electron chi connectivity index (χ1n) is 4.90. The minimum atomic E-state index is 0.107. The predicted octanol–water partition coefficient (Wildman–Crippen LogP) is 1.98. The summed E-state index contributed by atoms with van der Waals surface area (Å²) < 4.78 is 0. The molecule has 0 aromatic carbocycles. The predicted molar refractivity (Wildman–Crippen MR) is 54.9 cm³/mol. The van der Waals surface area contributed by atoms with Gasteiger partial charge in [-0.3, -0.25) is 4.79 Å². The Bertz CT molecular complexity index is 362. The van der Waals surface area contributed by atoms with Gasteiger partial charge in [-0.2, -0.15) is 0 Å². The van der Waals surface area contributed by atoms with E-state index in [1.54, 1.807) is 6.20 Å². The maximum absolute atomic E-state index is 11.5. The maximum Gasteiger partial charge on any atom is 0.228 e. The number of hydrogen-bond acceptors (Lipinski definition) is 2. The molecule has 3 heteroatoms. The Hall–Kier alpha value is -1.38. The van der Waals surface area contributed by atoms with Crippen molar-refractivity contribution in [3.8, 4) is 0 Å². The van der Waals surface area contributed by atoms with Gasteiger partial charge in [-0.05, 0) is 37.0 Å². The molecule has 1 heterocycles. The lowest BCUT2D eigenvalue weighted by atomic mass is 10.3. The van der Waals surface area contributed by atoms with Crippen molar-refractivity contribution >= 4 is 11.7 Å². The molecule has 1 aliphatic rings. The van der Waals surface area contributed by atoms with Gasteiger partial charge in [-0.25, -0.2) is 4.98 Å². The van der Waals surface area contributed by atoms with Crippen molar-refractivity contribution in [2.75, 3.05) is 5.32 Å². The number of hydrogen-bond donors (Lipinski definition) is 1. The van der Waals surface area contributed by atoms with Crippen molar-refractivity contribution in [3.05, 3.63) is 23.9 Å². The molecule has 14 heavy (non-hydrogen) atoms. The van der Waals surface area contributed by atoms with Gasteiger partial charge in [0.05, 0.1) is 0 Å². The molecule has 0 bridgehead atoms. The lowest BCUT2D eigenvalue weighted by Crippen LogP contribution is -2.15. The highest BCUT2D eigenvalue weighted by molar-refractivity contribution is 5.93. The summed E-state index contributed by atoms with van der Waals surface area (Å²) in [6.45, 7) is 4.07. The lowest BCUT2D eigenvalue weighted by Gasteiger charge is -2.03. The van der Waals surface area contributed by atoms with Crippen LogP contribution in [0.3, 0.4) is 0 Å². The zero-order valence-electron chi connectivity index (χ0n) is 8.45. The van der Waals surface area contributed by atoms with Gasteiger partial charge >= 0.3 is 0 Å². The van der Waals surface area contributed by atoms with Crippen molar-refractivity contribution in [3.63, 3.8) is 0 Å². The Labute approximate surface area is 83.5 Å². The fourth-order valence-electron chi connectivity index (χ4n) is 1.51. The van der Waals surface area contributed by atoms with Crippen molar-refractivity contribution in [1.82, 2.24) is 4.98 Å². The summed E-state index contributed by atoms with van der Waals surface area (Å²) >= 11 is 0. The third-order valence-corrected chi connectivity index (χ3v) is 2.61. The van der Waals surface area contributed by atoms with Crippen LogP contribution in [0.5, 0.6) is 0 Å². The number of carbonyl (C=O) groups is 1. The van der Waals surface area contributed by atoms with E-state index in [1.165, 1.54) is 0 Å². The van der Waals surface area contributed by atoms with Crippen LogP contribution in [-0.4, -0.2) is 10.9 Å². The molecule has 1 aliphatic carbocycles. The van der Waals surface area contributed by atoms with Crippen LogP contribution in [0.2, 0.25) is 0 Å². The molecule has 0 saturated heterocycles. The minimum absolute atomic E-state index is 0.107. The molecule has 1 aromatic heterocycles. The van der Waals surface area contributed by atoms with Crippen LogP contribution in [0.1, 0.15) is 18.9 Å². The second-order valence-electron chi connectivity index (χ2n) is 4.03. The summed E-state index contributed by atoms with van der Waals surface area (Å²) in [5.41, 5.74) is 1.11. The van der Waals surface area contributed by atoms with Crippen molar-refractivity contribution < 1.29 is 4.79 Å². The number of pyridine rings is 1. The Kier molecular flexibility index (Phi) is 2.23. The molecular weight excluding hydrogens is 176 g/mol. The molecule has 2 rings (SSSR count). The highest BCUT2D eigenvalue weighted by atomic mass is 16.2. The van der Waals surface area contributed by atoms with E-state index >= 15 is 0 Å². The summed E-state index contributed by atoms with van der Waals surface area (Å²) in [4.78, 5) is 15.6. The molecule has 1 aromatic rings. The van der Waals surface area contributed by atoms with E-state index in [9.17, 15) is 4.79 Å². The Morgan fingerprint density at radius 3 is 2.93 bits per heavy atom. The molecule has 3 nitrogen and oxygen atoms in total. The standard InChI is InChI=1S/C11H14N2O/c1-7-3-4-12-10(5-7)13-11(14)9-6-8(9)2/h3-5,8-9H,6H2,1-2H3,(H,12,13,14). The number of amides is 1. The minimum Gasteiger partial charge on any atom is -0.310 e. The number of rotatable bonds is 2. The average Bonchev–Trinajstić information content (AvgIpc) is 2.82. The molecule has 1 saturated carbocycles. The van der Waals surface area contributed by atoms with Crippen molar-refractivity contribution in [2.45, 2.75) is 20.3 Å². The average molecular weight is 190 g/mol. The van der Waals surface area contributed by atoms with Gasteiger partial charge in [0.2, 0.25) is 5.91 Å². The van der Waals surface area contributed by atoms with Gasteiger partial charge in [0.25, 0.3) is 0 Å². The topological polar surface area (TPSA) is 42.0 Å². The third kappa shape index (κ3) is 1.92. The zero-order chi connectivity index (χ0) is 10.1. The van der Waals surface area contributed by atoms with Crippen LogP contribution in [0.4, 0.5) is 5.82 Å². The maximum atomic E-state index is 11.5. The van der Waals surface area contributed by atoms with Crippen LogP contribution in [0.25, 0.3) is 0 Å². The molecule has 0 spiro atoms. The highest BCUT2D eigenvalue weighted by Crippen LogP contribution is 2.38. The molecule has 0 aliphatic heterocycles. The van der Waals surface area contributed by atoms with Gasteiger partial charge in [-0.1, -0.05) is 6.92 Å². The molecule has 1 N–H and O–H groups in total. The smallest absolute Gasteiger partial charge is 0.228 e. The molecule has 1 fully saturated rings. The third-order valence-electron chi connectivity index (χ3n) is 2.61. The number of carbonyl (C=O) groups excluding carboxylic acids is 1. The first kappa shape index (κ1) is 9.19. The Balaban J connectivity index is 2.00. The number of anilines is 1. The van der Waals surface area contributed by atoms with Gasteiger partial charge < -0.3 is 5.32 Å². The van der Waals surface area contributed by atoms with Gasteiger partial charge in [-0.15, -0.1) is 0 Å². The normalized spacial score (nSPS) is 24.4. The van der Waals surface area contributed by atoms with E-state index in [2.05, 4.69) is 17.2 Å². The van der Waals surface area contributed by atoms with Crippen molar-refractivity contribution in [1.29, 1.82) is 0 Å². The van der Waals surface area contributed by atoms with Gasteiger partial charge in [0, 0.05) is 12.1 Å². The quantitative estimate of drug-likeness (QED) is 0.774. The van der Waals surface area contributed by atoms with Crippen LogP contribution < -0.4 is 5.32 Å². The largest absolute Gasteiger partial charge is 0.310 e. The Morgan fingerprint density at radius 2 is 2.36 bits per heavy atom. The van der Waals surface area contributed by atoms with E-state index in [-0.39, 0.29) is 11.8 Å². The summed E-state index contributed by atoms with van der Waals surface area (Å²) in [5, 5.41) is 2.83. The second-order valence-corrected chi connectivity index (χ2v) is 4.03. The van der Waals surface area contributed by atoms with Crippen LogP contribution in [-0.2, 0) is 4.79 Å². The summed E-state index contributed by atoms with van der Waals surface area (Å²) in [7, 11) is 0. The summed E-state index contributed by atoms with van der Waals surface area (Å²) in [5.74, 6) is 1.52. The first-order valence-corrected chi connectivity index (χ1v) is 4.90. The van der Waals surface area contributed by atoms with Crippen molar-refractivity contribution in [2.24, 2.45) is 11.8 Å². The SMILES string of the molecule is Cc1ccnc(NC(=O)C2CC2C)c1. The van der Waals surface area contributed by atoms with E-state index < -0.39 is 0 Å². The Morgan fingerprint density at radius 1 is 1.64 bits per heavy atom. The fraction of sp³-hybridized carbons (Fsp3) is 0.455.